The van der Waals surface area contributed by atoms with Crippen molar-refractivity contribution in [2.24, 2.45) is 0 Å². The van der Waals surface area contributed by atoms with Crippen LogP contribution in [0.4, 0.5) is 0 Å². The van der Waals surface area contributed by atoms with E-state index in [0.717, 1.165) is 31.0 Å². The summed E-state index contributed by atoms with van der Waals surface area (Å²) in [5.41, 5.74) is 4.02. The molecule has 2 aromatic rings. The molecule has 1 aromatic heterocycles. The van der Waals surface area contributed by atoms with E-state index in [1.807, 2.05) is 0 Å². The van der Waals surface area contributed by atoms with Crippen molar-refractivity contribution >= 4 is 0 Å². The fraction of sp³-hybridized carbons (Fsp3) is 0.471. The summed E-state index contributed by atoms with van der Waals surface area (Å²) in [4.78, 5) is 6.95. The molecule has 0 saturated heterocycles. The summed E-state index contributed by atoms with van der Waals surface area (Å²) in [6, 6.07) is 9.33. The van der Waals surface area contributed by atoms with E-state index in [-0.39, 0.29) is 0 Å². The molecule has 1 heterocycles. The number of nitrogens with zero attached hydrogens (tertiary/aromatic N) is 2. The number of hydrogen-bond donors (Lipinski definition) is 0. The molecule has 0 bridgehead atoms. The fourth-order valence-electron chi connectivity index (χ4n) is 2.89. The number of fused-ring (bicyclic) bond motifs is 1. The maximum absolute atomic E-state index is 5.51. The summed E-state index contributed by atoms with van der Waals surface area (Å²) in [6.07, 6.45) is 4.08. The van der Waals surface area contributed by atoms with Gasteiger partial charge in [-0.3, -0.25) is 4.90 Å². The number of hydrogen-bond acceptors (Lipinski definition) is 3. The van der Waals surface area contributed by atoms with Gasteiger partial charge in [-0.25, -0.2) is 4.98 Å². The van der Waals surface area contributed by atoms with Gasteiger partial charge in [0.05, 0.1) is 5.69 Å². The average molecular weight is 270 g/mol. The molecule has 1 aliphatic carbocycles. The Labute approximate surface area is 120 Å². The second kappa shape index (κ2) is 5.41. The van der Waals surface area contributed by atoms with Crippen LogP contribution in [0.2, 0.25) is 0 Å². The van der Waals surface area contributed by atoms with E-state index in [1.54, 1.807) is 6.26 Å². The molecule has 3 nitrogen and oxygen atoms in total. The van der Waals surface area contributed by atoms with Gasteiger partial charge in [-0.05, 0) is 31.0 Å². The van der Waals surface area contributed by atoms with Gasteiger partial charge in [-0.1, -0.05) is 38.1 Å². The minimum atomic E-state index is 0.352. The molecule has 3 heteroatoms. The average Bonchev–Trinajstić information content (AvgIpc) is 3.04. The largest absolute Gasteiger partial charge is 0.448 e. The zero-order valence-corrected chi connectivity index (χ0v) is 12.5. The first kappa shape index (κ1) is 13.4. The third kappa shape index (κ3) is 2.63. The molecule has 1 aromatic carbocycles. The molecule has 0 atom stereocenters. The molecule has 0 spiro atoms. The first-order valence-corrected chi connectivity index (χ1v) is 7.35. The standard InChI is InChI=1S/C17H22N2O/c1-12(2)17-18-15(11-20-17)10-19(3)16-8-13-6-4-5-7-14(13)9-16/h4-7,11-12,16H,8-10H2,1-3H3. The van der Waals surface area contributed by atoms with Crippen LogP contribution in [0.25, 0.3) is 0 Å². The smallest absolute Gasteiger partial charge is 0.196 e. The van der Waals surface area contributed by atoms with Crippen LogP contribution < -0.4 is 0 Å². The maximum atomic E-state index is 5.51. The Morgan fingerprint density at radius 3 is 2.45 bits per heavy atom. The Balaban J connectivity index is 1.64. The van der Waals surface area contributed by atoms with Crippen LogP contribution >= 0.6 is 0 Å². The van der Waals surface area contributed by atoms with E-state index in [9.17, 15) is 0 Å². The minimum Gasteiger partial charge on any atom is -0.448 e. The van der Waals surface area contributed by atoms with E-state index in [2.05, 4.69) is 55.0 Å². The molecular formula is C17H22N2O. The highest BCUT2D eigenvalue weighted by Gasteiger charge is 2.24. The maximum Gasteiger partial charge on any atom is 0.196 e. The van der Waals surface area contributed by atoms with Crippen molar-refractivity contribution in [3.05, 3.63) is 53.2 Å². The molecule has 0 aliphatic heterocycles. The molecular weight excluding hydrogens is 248 g/mol. The first-order chi connectivity index (χ1) is 9.63. The second-order valence-electron chi connectivity index (χ2n) is 6.08. The molecule has 20 heavy (non-hydrogen) atoms. The predicted molar refractivity (Wildman–Crippen MR) is 79.7 cm³/mol. The molecule has 0 fully saturated rings. The number of aromatic nitrogens is 1. The summed E-state index contributed by atoms with van der Waals surface area (Å²) in [5, 5.41) is 0. The summed E-state index contributed by atoms with van der Waals surface area (Å²) < 4.78 is 5.51. The van der Waals surface area contributed by atoms with E-state index in [0.29, 0.717) is 12.0 Å². The normalized spacial score (nSPS) is 15.2. The molecule has 0 amide bonds. The molecule has 0 unspecified atom stereocenters. The van der Waals surface area contributed by atoms with Gasteiger partial charge in [0, 0.05) is 18.5 Å². The van der Waals surface area contributed by atoms with E-state index in [4.69, 9.17) is 4.42 Å². The van der Waals surface area contributed by atoms with Crippen LogP contribution in [0.1, 0.15) is 42.5 Å². The molecule has 3 rings (SSSR count). The van der Waals surface area contributed by atoms with Crippen LogP contribution in [0.15, 0.2) is 34.9 Å². The number of benzene rings is 1. The van der Waals surface area contributed by atoms with E-state index < -0.39 is 0 Å². The van der Waals surface area contributed by atoms with Gasteiger partial charge in [0.25, 0.3) is 0 Å². The fourth-order valence-corrected chi connectivity index (χ4v) is 2.89. The number of rotatable bonds is 4. The van der Waals surface area contributed by atoms with Gasteiger partial charge in [-0.2, -0.15) is 0 Å². The van der Waals surface area contributed by atoms with Crippen LogP contribution in [0.5, 0.6) is 0 Å². The zero-order valence-electron chi connectivity index (χ0n) is 12.5. The molecule has 106 valence electrons. The van der Waals surface area contributed by atoms with Crippen molar-refractivity contribution in [1.82, 2.24) is 9.88 Å². The topological polar surface area (TPSA) is 29.3 Å². The van der Waals surface area contributed by atoms with Gasteiger partial charge >= 0.3 is 0 Å². The summed E-state index contributed by atoms with van der Waals surface area (Å²) in [5.74, 6) is 1.19. The van der Waals surface area contributed by atoms with E-state index >= 15 is 0 Å². The van der Waals surface area contributed by atoms with Gasteiger partial charge in [0.2, 0.25) is 0 Å². The summed E-state index contributed by atoms with van der Waals surface area (Å²) >= 11 is 0. The predicted octanol–water partition coefficient (Wildman–Crippen LogP) is 3.40. The Morgan fingerprint density at radius 2 is 1.90 bits per heavy atom. The number of oxazole rings is 1. The van der Waals surface area contributed by atoms with Gasteiger partial charge in [0.15, 0.2) is 5.89 Å². The van der Waals surface area contributed by atoms with Crippen molar-refractivity contribution in [2.45, 2.75) is 45.2 Å². The lowest BCUT2D eigenvalue weighted by molar-refractivity contribution is 0.238. The third-order valence-electron chi connectivity index (χ3n) is 4.13. The van der Waals surface area contributed by atoms with Gasteiger partial charge < -0.3 is 4.42 Å². The molecule has 0 radical (unpaired) electrons. The molecule has 1 aliphatic rings. The lowest BCUT2D eigenvalue weighted by Gasteiger charge is -2.22. The Hall–Kier alpha value is -1.61. The Morgan fingerprint density at radius 1 is 1.25 bits per heavy atom. The lowest BCUT2D eigenvalue weighted by atomic mass is 10.1. The third-order valence-corrected chi connectivity index (χ3v) is 4.13. The quantitative estimate of drug-likeness (QED) is 0.852. The van der Waals surface area contributed by atoms with Gasteiger partial charge in [-0.15, -0.1) is 0 Å². The minimum absolute atomic E-state index is 0.352. The first-order valence-electron chi connectivity index (χ1n) is 7.35. The highest BCUT2D eigenvalue weighted by Crippen LogP contribution is 2.25. The zero-order chi connectivity index (χ0) is 14.1. The van der Waals surface area contributed by atoms with Crippen molar-refractivity contribution in [2.75, 3.05) is 7.05 Å². The van der Waals surface area contributed by atoms with Crippen LogP contribution in [0, 0.1) is 0 Å². The number of likely N-dealkylation sites (N-methyl/N-ethyl adjacent to an activating group) is 1. The molecule has 0 N–H and O–H groups in total. The highest BCUT2D eigenvalue weighted by atomic mass is 16.3. The van der Waals surface area contributed by atoms with E-state index in [1.165, 1.54) is 11.1 Å². The van der Waals surface area contributed by atoms with Crippen molar-refractivity contribution in [3.63, 3.8) is 0 Å². The Kier molecular flexibility index (Phi) is 3.62. The van der Waals surface area contributed by atoms with Crippen LogP contribution in [-0.4, -0.2) is 23.0 Å². The van der Waals surface area contributed by atoms with Crippen molar-refractivity contribution in [3.8, 4) is 0 Å². The summed E-state index contributed by atoms with van der Waals surface area (Å²) in [6.45, 7) is 5.06. The summed E-state index contributed by atoms with van der Waals surface area (Å²) in [7, 11) is 2.18. The molecule has 0 saturated carbocycles. The Bertz CT molecular complexity index is 563. The van der Waals surface area contributed by atoms with Crippen LogP contribution in [-0.2, 0) is 19.4 Å². The monoisotopic (exact) mass is 270 g/mol. The second-order valence-corrected chi connectivity index (χ2v) is 6.08. The van der Waals surface area contributed by atoms with Crippen LogP contribution in [0.3, 0.4) is 0 Å². The van der Waals surface area contributed by atoms with Crippen molar-refractivity contribution in [1.29, 1.82) is 0 Å². The highest BCUT2D eigenvalue weighted by molar-refractivity contribution is 5.33. The SMILES string of the molecule is CC(C)c1nc(CN(C)C2Cc3ccccc3C2)co1. The van der Waals surface area contributed by atoms with Gasteiger partial charge in [0.1, 0.15) is 6.26 Å². The lowest BCUT2D eigenvalue weighted by Crippen LogP contribution is -2.31. The van der Waals surface area contributed by atoms with Crippen molar-refractivity contribution < 1.29 is 4.42 Å².